The van der Waals surface area contributed by atoms with Crippen LogP contribution in [0.15, 0.2) is 47.9 Å². The monoisotopic (exact) mass is 396 g/mol. The van der Waals surface area contributed by atoms with Crippen molar-refractivity contribution in [2.45, 2.75) is 32.9 Å². The number of amides is 1. The first-order valence-corrected chi connectivity index (χ1v) is 9.58. The van der Waals surface area contributed by atoms with Crippen molar-refractivity contribution in [3.05, 3.63) is 59.0 Å². The number of nitrogens with one attached hydrogen (secondary N) is 1. The van der Waals surface area contributed by atoms with Gasteiger partial charge in [-0.25, -0.2) is 4.57 Å². The highest BCUT2D eigenvalue weighted by Crippen LogP contribution is 2.15. The van der Waals surface area contributed by atoms with Gasteiger partial charge in [0.1, 0.15) is 10.9 Å². The van der Waals surface area contributed by atoms with E-state index in [1.165, 1.54) is 10.5 Å². The van der Waals surface area contributed by atoms with Crippen molar-refractivity contribution in [1.82, 2.24) is 14.7 Å². The van der Waals surface area contributed by atoms with E-state index < -0.39 is 0 Å². The van der Waals surface area contributed by atoms with E-state index in [2.05, 4.69) is 16.9 Å². The fourth-order valence-electron chi connectivity index (χ4n) is 3.11. The summed E-state index contributed by atoms with van der Waals surface area (Å²) in [5, 5.41) is 3.05. The van der Waals surface area contributed by atoms with Gasteiger partial charge in [0.15, 0.2) is 0 Å². The van der Waals surface area contributed by atoms with Gasteiger partial charge in [0.05, 0.1) is 12.6 Å². The van der Waals surface area contributed by atoms with Crippen LogP contribution in [0.5, 0.6) is 0 Å². The summed E-state index contributed by atoms with van der Waals surface area (Å²) in [4.78, 5) is 30.3. The maximum absolute atomic E-state index is 13.1. The number of hydrogen-bond donors (Lipinski definition) is 2. The zero-order valence-corrected chi connectivity index (χ0v) is 16.7. The van der Waals surface area contributed by atoms with E-state index in [-0.39, 0.29) is 29.0 Å². The standard InChI is InChI=1S/C21H25N5O3/c1-4-9-23-20(27)15-13-16-19(24-17-8-5-6-10-25(17)21(16)28)26(18(15)22)11-7-12-29-14(2)3/h4-6,8,10,13-14,22H,1,7,9,11-12H2,2-3H3,(H,23,27)/p+1. The van der Waals surface area contributed by atoms with Crippen molar-refractivity contribution >= 4 is 28.4 Å². The zero-order chi connectivity index (χ0) is 21.0. The van der Waals surface area contributed by atoms with E-state index in [0.717, 1.165) is 0 Å². The van der Waals surface area contributed by atoms with Gasteiger partial charge >= 0.3 is 0 Å². The summed E-state index contributed by atoms with van der Waals surface area (Å²) in [7, 11) is 0. The summed E-state index contributed by atoms with van der Waals surface area (Å²) < 4.78 is 8.78. The number of nitrogen functional groups attached to an aromatic ring is 1. The van der Waals surface area contributed by atoms with Gasteiger partial charge < -0.3 is 15.8 Å². The maximum atomic E-state index is 13.1. The third-order valence-corrected chi connectivity index (χ3v) is 4.49. The smallest absolute Gasteiger partial charge is 0.278 e. The number of ether oxygens (including phenoxy) is 1. The number of nitrogens with two attached hydrogens (primary N) is 1. The number of anilines is 1. The quantitative estimate of drug-likeness (QED) is 0.260. The topological polar surface area (TPSA) is 103 Å². The molecule has 3 N–H and O–H groups in total. The van der Waals surface area contributed by atoms with Crippen LogP contribution in [-0.2, 0) is 11.3 Å². The predicted octanol–water partition coefficient (Wildman–Crippen LogP) is 1.45. The van der Waals surface area contributed by atoms with E-state index in [9.17, 15) is 9.59 Å². The molecule has 0 bridgehead atoms. The van der Waals surface area contributed by atoms with Crippen LogP contribution in [0.1, 0.15) is 30.6 Å². The van der Waals surface area contributed by atoms with Gasteiger partial charge in [-0.05, 0) is 32.0 Å². The number of pyridine rings is 2. The second-order valence-electron chi connectivity index (χ2n) is 6.95. The molecule has 3 aromatic heterocycles. The molecule has 1 amide bonds. The normalized spacial score (nSPS) is 11.3. The highest BCUT2D eigenvalue weighted by molar-refractivity contribution is 6.00. The van der Waals surface area contributed by atoms with Gasteiger partial charge in [0.25, 0.3) is 17.1 Å². The molecule has 0 fully saturated rings. The molecule has 0 aliphatic carbocycles. The Morgan fingerprint density at radius 3 is 2.97 bits per heavy atom. The molecule has 0 radical (unpaired) electrons. The third kappa shape index (κ3) is 4.27. The molecule has 0 aliphatic heterocycles. The zero-order valence-electron chi connectivity index (χ0n) is 16.7. The maximum Gasteiger partial charge on any atom is 0.278 e. The highest BCUT2D eigenvalue weighted by Gasteiger charge is 2.24. The lowest BCUT2D eigenvalue weighted by molar-refractivity contribution is -0.659. The Balaban J connectivity index is 2.17. The minimum Gasteiger partial charge on any atom is -0.379 e. The Labute approximate surface area is 168 Å². The third-order valence-electron chi connectivity index (χ3n) is 4.49. The van der Waals surface area contributed by atoms with Crippen molar-refractivity contribution in [3.63, 3.8) is 0 Å². The van der Waals surface area contributed by atoms with Crippen LogP contribution < -0.4 is 21.2 Å². The summed E-state index contributed by atoms with van der Waals surface area (Å²) in [6.07, 6.45) is 4.02. The lowest BCUT2D eigenvalue weighted by Gasteiger charge is -2.13. The first-order valence-electron chi connectivity index (χ1n) is 9.58. The number of fused-ring (bicyclic) bond motifs is 2. The van der Waals surface area contributed by atoms with Crippen molar-refractivity contribution in [2.75, 3.05) is 18.9 Å². The molecule has 8 heteroatoms. The number of carbonyl (C=O) groups is 1. The average Bonchev–Trinajstić information content (AvgIpc) is 2.70. The first-order chi connectivity index (χ1) is 13.9. The summed E-state index contributed by atoms with van der Waals surface area (Å²) >= 11 is 0. The van der Waals surface area contributed by atoms with Crippen molar-refractivity contribution in [1.29, 1.82) is 0 Å². The second kappa shape index (κ2) is 8.83. The van der Waals surface area contributed by atoms with Gasteiger partial charge in [-0.1, -0.05) is 17.1 Å². The van der Waals surface area contributed by atoms with Crippen LogP contribution >= 0.6 is 0 Å². The van der Waals surface area contributed by atoms with Crippen LogP contribution in [0.2, 0.25) is 0 Å². The Hall–Kier alpha value is -3.26. The number of aryl methyl sites for hydroxylation is 1. The molecule has 0 unspecified atom stereocenters. The highest BCUT2D eigenvalue weighted by atomic mass is 16.5. The largest absolute Gasteiger partial charge is 0.379 e. The molecule has 0 saturated carbocycles. The number of rotatable bonds is 8. The Morgan fingerprint density at radius 2 is 2.24 bits per heavy atom. The fraction of sp³-hybridized carbons (Fsp3) is 0.333. The predicted molar refractivity (Wildman–Crippen MR) is 112 cm³/mol. The molecule has 0 aromatic carbocycles. The summed E-state index contributed by atoms with van der Waals surface area (Å²) in [6, 6.07) is 6.84. The molecule has 3 heterocycles. The van der Waals surface area contributed by atoms with Gasteiger partial charge in [0, 0.05) is 25.8 Å². The molecule has 0 atom stereocenters. The molecule has 3 aromatic rings. The van der Waals surface area contributed by atoms with E-state index in [1.54, 1.807) is 29.0 Å². The Morgan fingerprint density at radius 1 is 1.45 bits per heavy atom. The SMILES string of the molecule is C=CCNC(=O)c1cc2c(=O)n3ccccc3nc2[n+](CCCOC(C)C)c1N. The van der Waals surface area contributed by atoms with E-state index in [0.29, 0.717) is 42.8 Å². The molecule has 152 valence electrons. The molecular weight excluding hydrogens is 370 g/mol. The average molecular weight is 396 g/mol. The van der Waals surface area contributed by atoms with Crippen LogP contribution in [0.3, 0.4) is 0 Å². The first kappa shape index (κ1) is 20.5. The van der Waals surface area contributed by atoms with Gasteiger partial charge in [-0.2, -0.15) is 0 Å². The van der Waals surface area contributed by atoms with E-state index in [1.807, 2.05) is 19.9 Å². The lowest BCUT2D eigenvalue weighted by atomic mass is 10.1. The number of aromatic nitrogens is 3. The van der Waals surface area contributed by atoms with Gasteiger partial charge in [-0.3, -0.25) is 14.0 Å². The van der Waals surface area contributed by atoms with Crippen LogP contribution in [0, 0.1) is 0 Å². The van der Waals surface area contributed by atoms with Crippen LogP contribution in [0.25, 0.3) is 16.7 Å². The number of nitrogens with zero attached hydrogens (tertiary/aromatic N) is 3. The minimum atomic E-state index is -0.367. The fourth-order valence-corrected chi connectivity index (χ4v) is 3.11. The summed E-state index contributed by atoms with van der Waals surface area (Å²) in [5.74, 6) is -0.107. The number of hydrogen-bond acceptors (Lipinski definition) is 5. The molecule has 29 heavy (non-hydrogen) atoms. The molecule has 0 aliphatic rings. The van der Waals surface area contributed by atoms with Crippen molar-refractivity contribution in [3.8, 4) is 0 Å². The summed E-state index contributed by atoms with van der Waals surface area (Å²) in [6.45, 7) is 8.83. The second-order valence-corrected chi connectivity index (χ2v) is 6.95. The van der Waals surface area contributed by atoms with E-state index in [4.69, 9.17) is 10.5 Å². The van der Waals surface area contributed by atoms with Crippen molar-refractivity contribution < 1.29 is 14.1 Å². The summed E-state index contributed by atoms with van der Waals surface area (Å²) in [5.41, 5.74) is 7.29. The molecular formula is C21H26N5O3+. The van der Waals surface area contributed by atoms with Crippen LogP contribution in [-0.4, -0.2) is 34.5 Å². The van der Waals surface area contributed by atoms with Gasteiger partial charge in [0.2, 0.25) is 11.5 Å². The Bertz CT molecular complexity index is 1120. The molecule has 0 saturated heterocycles. The molecule has 3 rings (SSSR count). The van der Waals surface area contributed by atoms with Gasteiger partial charge in [-0.15, -0.1) is 6.58 Å². The molecule has 0 spiro atoms. The number of carbonyl (C=O) groups excluding carboxylic acids is 1. The Kier molecular flexibility index (Phi) is 6.23. The minimum absolute atomic E-state index is 0.122. The van der Waals surface area contributed by atoms with Crippen LogP contribution in [0.4, 0.5) is 5.82 Å². The van der Waals surface area contributed by atoms with E-state index >= 15 is 0 Å². The molecule has 8 nitrogen and oxygen atoms in total. The van der Waals surface area contributed by atoms with Crippen molar-refractivity contribution in [2.24, 2.45) is 0 Å². The lowest BCUT2D eigenvalue weighted by Crippen LogP contribution is -2.43.